The predicted molar refractivity (Wildman–Crippen MR) is 98.9 cm³/mol. The van der Waals surface area contributed by atoms with Gasteiger partial charge < -0.3 is 14.9 Å². The molecule has 2 fully saturated rings. The molecule has 2 N–H and O–H groups in total. The van der Waals surface area contributed by atoms with Crippen molar-refractivity contribution >= 4 is 11.6 Å². The Morgan fingerprint density at radius 2 is 2.26 bits per heavy atom. The molecule has 2 aliphatic rings. The lowest BCUT2D eigenvalue weighted by molar-refractivity contribution is 0.0908. The number of furan rings is 1. The molecule has 2 saturated heterocycles. The minimum absolute atomic E-state index is 0.322. The maximum atomic E-state index is 6.01. The SMILES string of the molecule is CO[C@@H]1C[C@H]2CN(Cc3cnc(N)n4nc(-c5ccco5)nc34)CCN2C1. The van der Waals surface area contributed by atoms with Gasteiger partial charge in [-0.15, -0.1) is 5.10 Å². The van der Waals surface area contributed by atoms with Crippen molar-refractivity contribution in [1.29, 1.82) is 0 Å². The van der Waals surface area contributed by atoms with Crippen LogP contribution in [0.15, 0.2) is 29.0 Å². The predicted octanol–water partition coefficient (Wildman–Crippen LogP) is 0.871. The molecule has 2 aliphatic heterocycles. The molecular weight excluding hydrogens is 346 g/mol. The smallest absolute Gasteiger partial charge is 0.223 e. The van der Waals surface area contributed by atoms with Crippen LogP contribution in [-0.2, 0) is 11.3 Å². The van der Waals surface area contributed by atoms with Crippen molar-refractivity contribution in [3.63, 3.8) is 0 Å². The number of aromatic nitrogens is 4. The molecule has 0 saturated carbocycles. The van der Waals surface area contributed by atoms with Crippen LogP contribution in [0.25, 0.3) is 17.2 Å². The third-order valence-corrected chi connectivity index (χ3v) is 5.59. The third-order valence-electron chi connectivity index (χ3n) is 5.59. The minimum atomic E-state index is 0.322. The average Bonchev–Trinajstić information content (AvgIpc) is 3.42. The van der Waals surface area contributed by atoms with Crippen molar-refractivity contribution < 1.29 is 9.15 Å². The highest BCUT2D eigenvalue weighted by Gasteiger charge is 2.36. The van der Waals surface area contributed by atoms with Gasteiger partial charge in [0.25, 0.3) is 0 Å². The number of piperazine rings is 1. The van der Waals surface area contributed by atoms with Crippen LogP contribution in [0.5, 0.6) is 0 Å². The van der Waals surface area contributed by atoms with Crippen molar-refractivity contribution in [2.45, 2.75) is 25.1 Å². The van der Waals surface area contributed by atoms with Crippen molar-refractivity contribution in [2.24, 2.45) is 0 Å². The summed E-state index contributed by atoms with van der Waals surface area (Å²) in [6.45, 7) is 4.92. The molecule has 0 aromatic carbocycles. The molecule has 0 amide bonds. The van der Waals surface area contributed by atoms with Crippen molar-refractivity contribution in [3.05, 3.63) is 30.2 Å². The topological polar surface area (TPSA) is 97.9 Å². The van der Waals surface area contributed by atoms with Crippen LogP contribution in [0.1, 0.15) is 12.0 Å². The van der Waals surface area contributed by atoms with Crippen molar-refractivity contribution in [2.75, 3.05) is 39.0 Å². The van der Waals surface area contributed by atoms with Crippen LogP contribution in [0.3, 0.4) is 0 Å². The zero-order chi connectivity index (χ0) is 18.4. The number of nitrogens with two attached hydrogens (primary N) is 1. The number of ether oxygens (including phenoxy) is 1. The van der Waals surface area contributed by atoms with Crippen LogP contribution in [-0.4, -0.2) is 74.8 Å². The molecule has 27 heavy (non-hydrogen) atoms. The molecule has 5 heterocycles. The second-order valence-corrected chi connectivity index (χ2v) is 7.27. The summed E-state index contributed by atoms with van der Waals surface area (Å²) in [6.07, 6.45) is 4.87. The van der Waals surface area contributed by atoms with E-state index >= 15 is 0 Å². The lowest BCUT2D eigenvalue weighted by atomic mass is 10.1. The molecule has 9 heteroatoms. The van der Waals surface area contributed by atoms with Gasteiger partial charge in [0, 0.05) is 57.6 Å². The van der Waals surface area contributed by atoms with Gasteiger partial charge in [-0.25, -0.2) is 9.97 Å². The standard InChI is InChI=1S/C18H23N7O2/c1-26-14-7-13-10-23(4-5-24(13)11-14)9-12-8-20-18(19)25-17(12)21-16(22-25)15-3-2-6-27-15/h2-3,6,8,13-14H,4-5,7,9-11H2,1H3,(H2,19,20)/t13-,14+/m0/s1. The fourth-order valence-electron chi connectivity index (χ4n) is 4.17. The maximum Gasteiger partial charge on any atom is 0.223 e. The molecular formula is C18H23N7O2. The van der Waals surface area contributed by atoms with Gasteiger partial charge in [-0.2, -0.15) is 4.52 Å². The number of rotatable bonds is 4. The molecule has 9 nitrogen and oxygen atoms in total. The Hall–Kier alpha value is -2.49. The van der Waals surface area contributed by atoms with Crippen LogP contribution in [0.2, 0.25) is 0 Å². The number of anilines is 1. The van der Waals surface area contributed by atoms with E-state index in [1.165, 1.54) is 0 Å². The number of hydrogen-bond donors (Lipinski definition) is 1. The fourth-order valence-corrected chi connectivity index (χ4v) is 4.17. The average molecular weight is 369 g/mol. The molecule has 2 atom stereocenters. The van der Waals surface area contributed by atoms with E-state index in [4.69, 9.17) is 14.9 Å². The van der Waals surface area contributed by atoms with Crippen molar-refractivity contribution in [3.8, 4) is 11.6 Å². The van der Waals surface area contributed by atoms with E-state index in [1.54, 1.807) is 17.9 Å². The molecule has 5 rings (SSSR count). The Morgan fingerprint density at radius 3 is 3.07 bits per heavy atom. The number of hydrogen-bond acceptors (Lipinski definition) is 8. The molecule has 0 bridgehead atoms. The first kappa shape index (κ1) is 16.7. The molecule has 0 radical (unpaired) electrons. The zero-order valence-corrected chi connectivity index (χ0v) is 15.3. The van der Waals surface area contributed by atoms with Crippen molar-refractivity contribution in [1.82, 2.24) is 29.4 Å². The zero-order valence-electron chi connectivity index (χ0n) is 15.3. The number of methoxy groups -OCH3 is 1. The lowest BCUT2D eigenvalue weighted by Crippen LogP contribution is -2.49. The Morgan fingerprint density at radius 1 is 1.33 bits per heavy atom. The van der Waals surface area contributed by atoms with E-state index in [0.717, 1.165) is 50.4 Å². The van der Waals surface area contributed by atoms with E-state index in [9.17, 15) is 0 Å². The van der Waals surface area contributed by atoms with E-state index < -0.39 is 0 Å². The Kier molecular flexibility index (Phi) is 4.07. The van der Waals surface area contributed by atoms with Gasteiger partial charge in [0.15, 0.2) is 11.4 Å². The van der Waals surface area contributed by atoms with Gasteiger partial charge in [0.05, 0.1) is 12.4 Å². The molecule has 0 spiro atoms. The van der Waals surface area contributed by atoms with Gasteiger partial charge in [-0.05, 0) is 18.6 Å². The second kappa shape index (κ2) is 6.59. The largest absolute Gasteiger partial charge is 0.461 e. The van der Waals surface area contributed by atoms with E-state index in [-0.39, 0.29) is 0 Å². The molecule has 3 aromatic heterocycles. The number of nitrogen functional groups attached to an aromatic ring is 1. The van der Waals surface area contributed by atoms with Gasteiger partial charge in [-0.3, -0.25) is 9.80 Å². The maximum absolute atomic E-state index is 6.01. The summed E-state index contributed by atoms with van der Waals surface area (Å²) in [5.41, 5.74) is 7.76. The molecule has 142 valence electrons. The van der Waals surface area contributed by atoms with E-state index in [2.05, 4.69) is 24.9 Å². The first-order chi connectivity index (χ1) is 13.2. The summed E-state index contributed by atoms with van der Waals surface area (Å²) in [5.74, 6) is 1.46. The highest BCUT2D eigenvalue weighted by Crippen LogP contribution is 2.26. The summed E-state index contributed by atoms with van der Waals surface area (Å²) in [5, 5.41) is 4.46. The lowest BCUT2D eigenvalue weighted by Gasteiger charge is -2.37. The summed E-state index contributed by atoms with van der Waals surface area (Å²) < 4.78 is 12.6. The van der Waals surface area contributed by atoms with Gasteiger partial charge in [0.2, 0.25) is 11.8 Å². The van der Waals surface area contributed by atoms with Gasteiger partial charge in [0.1, 0.15) is 0 Å². The summed E-state index contributed by atoms with van der Waals surface area (Å²) in [6, 6.07) is 4.21. The highest BCUT2D eigenvalue weighted by molar-refractivity contribution is 5.57. The molecule has 3 aromatic rings. The third kappa shape index (κ3) is 2.97. The summed E-state index contributed by atoms with van der Waals surface area (Å²) >= 11 is 0. The normalized spacial score (nSPS) is 23.9. The first-order valence-corrected chi connectivity index (χ1v) is 9.24. The first-order valence-electron chi connectivity index (χ1n) is 9.24. The molecule has 0 aliphatic carbocycles. The quantitative estimate of drug-likeness (QED) is 0.723. The Labute approximate surface area is 156 Å². The fraction of sp³-hybridized carbons (Fsp3) is 0.500. The van der Waals surface area contributed by atoms with Gasteiger partial charge >= 0.3 is 0 Å². The van der Waals surface area contributed by atoms with E-state index in [0.29, 0.717) is 29.7 Å². The van der Waals surface area contributed by atoms with E-state index in [1.807, 2.05) is 18.3 Å². The number of fused-ring (bicyclic) bond motifs is 2. The highest BCUT2D eigenvalue weighted by atomic mass is 16.5. The molecule has 0 unspecified atom stereocenters. The van der Waals surface area contributed by atoms with Crippen LogP contribution < -0.4 is 5.73 Å². The minimum Gasteiger partial charge on any atom is -0.461 e. The second-order valence-electron chi connectivity index (χ2n) is 7.27. The van der Waals surface area contributed by atoms with Crippen LogP contribution in [0.4, 0.5) is 5.95 Å². The monoisotopic (exact) mass is 369 g/mol. The van der Waals surface area contributed by atoms with Crippen LogP contribution >= 0.6 is 0 Å². The van der Waals surface area contributed by atoms with Crippen LogP contribution in [0, 0.1) is 0 Å². The summed E-state index contributed by atoms with van der Waals surface area (Å²) in [7, 11) is 1.81. The summed E-state index contributed by atoms with van der Waals surface area (Å²) in [4.78, 5) is 14.0. The number of nitrogens with zero attached hydrogens (tertiary/aromatic N) is 6. The van der Waals surface area contributed by atoms with Gasteiger partial charge in [-0.1, -0.05) is 0 Å². The Bertz CT molecular complexity index is 939. The Balaban J connectivity index is 1.40.